The summed E-state index contributed by atoms with van der Waals surface area (Å²) in [5.74, 6) is 0.727. The summed E-state index contributed by atoms with van der Waals surface area (Å²) in [5, 5.41) is 6.74. The second kappa shape index (κ2) is 9.17. The van der Waals surface area contributed by atoms with Gasteiger partial charge in [-0.2, -0.15) is 0 Å². The van der Waals surface area contributed by atoms with Gasteiger partial charge in [-0.1, -0.05) is 36.6 Å². The maximum atomic E-state index is 15.8. The first-order valence-electron chi connectivity index (χ1n) is 11.9. The van der Waals surface area contributed by atoms with Crippen LogP contribution in [0, 0.1) is 13.8 Å². The Morgan fingerprint density at radius 1 is 1.17 bits per heavy atom. The molecule has 1 amide bonds. The van der Waals surface area contributed by atoms with Crippen molar-refractivity contribution in [3.8, 4) is 22.3 Å². The Kier molecular flexibility index (Phi) is 6.05. The summed E-state index contributed by atoms with van der Waals surface area (Å²) in [4.78, 5) is 16.3. The number of aromatic nitrogens is 3. The van der Waals surface area contributed by atoms with Gasteiger partial charge in [0.2, 0.25) is 0 Å². The van der Waals surface area contributed by atoms with Crippen LogP contribution in [0.25, 0.3) is 33.3 Å². The number of hydrogen-bond acceptors (Lipinski definition) is 5. The van der Waals surface area contributed by atoms with E-state index in [4.69, 9.17) is 9.51 Å². The molecular weight excluding hydrogens is 447 g/mol. The third-order valence-electron chi connectivity index (χ3n) is 6.87. The molecule has 35 heavy (non-hydrogen) atoms. The Morgan fingerprint density at radius 3 is 2.57 bits per heavy atom. The number of ether oxygens (including phenoxy) is 1. The van der Waals surface area contributed by atoms with E-state index in [1.807, 2.05) is 55.1 Å². The standard InChI is InChI=1S/C27H29FN4O3/c1-17-24(18(2)35-31-17)20-13-23-25(29-14-20)22(15-32(23)16-27(28)11-5-4-6-12-27)19-7-9-21(10-8-19)30-26(33)34-3/h7-10,13-15H,4-6,11-12,16H2,1-3H3,(H,30,33). The van der Waals surface area contributed by atoms with Crippen molar-refractivity contribution in [1.82, 2.24) is 14.7 Å². The first kappa shape index (κ1) is 23.1. The number of rotatable bonds is 5. The molecule has 0 aliphatic heterocycles. The molecule has 1 saturated carbocycles. The highest BCUT2D eigenvalue weighted by Gasteiger charge is 2.33. The minimum absolute atomic E-state index is 0.290. The number of carbonyl (C=O) groups is 1. The van der Waals surface area contributed by atoms with Gasteiger partial charge in [0.05, 0.1) is 30.4 Å². The van der Waals surface area contributed by atoms with Crippen molar-refractivity contribution in [2.75, 3.05) is 12.4 Å². The number of methoxy groups -OCH3 is 1. The quantitative estimate of drug-likeness (QED) is 0.341. The van der Waals surface area contributed by atoms with E-state index in [9.17, 15) is 4.79 Å². The van der Waals surface area contributed by atoms with E-state index in [2.05, 4.69) is 21.3 Å². The van der Waals surface area contributed by atoms with E-state index in [-0.39, 0.29) is 6.54 Å². The first-order chi connectivity index (χ1) is 16.9. The highest BCUT2D eigenvalue weighted by molar-refractivity contribution is 5.95. The van der Waals surface area contributed by atoms with Crippen LogP contribution in [0.3, 0.4) is 0 Å². The van der Waals surface area contributed by atoms with Crippen molar-refractivity contribution in [3.63, 3.8) is 0 Å². The molecule has 3 heterocycles. The number of carbonyl (C=O) groups excluding carboxylic acids is 1. The molecule has 0 unspecified atom stereocenters. The van der Waals surface area contributed by atoms with Gasteiger partial charge < -0.3 is 13.8 Å². The fourth-order valence-electron chi connectivity index (χ4n) is 5.09. The zero-order valence-corrected chi connectivity index (χ0v) is 20.2. The molecule has 182 valence electrons. The molecule has 1 fully saturated rings. The molecule has 1 N–H and O–H groups in total. The van der Waals surface area contributed by atoms with Crippen LogP contribution in [0.4, 0.5) is 14.9 Å². The van der Waals surface area contributed by atoms with Crippen LogP contribution in [-0.2, 0) is 11.3 Å². The van der Waals surface area contributed by atoms with Gasteiger partial charge >= 0.3 is 6.09 Å². The van der Waals surface area contributed by atoms with Crippen molar-refractivity contribution in [2.24, 2.45) is 0 Å². The fourth-order valence-corrected chi connectivity index (χ4v) is 5.09. The van der Waals surface area contributed by atoms with Gasteiger partial charge in [-0.05, 0) is 50.5 Å². The molecule has 0 bridgehead atoms. The van der Waals surface area contributed by atoms with Gasteiger partial charge in [-0.3, -0.25) is 10.3 Å². The van der Waals surface area contributed by atoms with Gasteiger partial charge in [-0.25, -0.2) is 9.18 Å². The molecule has 8 heteroatoms. The van der Waals surface area contributed by atoms with Crippen molar-refractivity contribution in [2.45, 2.75) is 58.2 Å². The van der Waals surface area contributed by atoms with Crippen LogP contribution in [-0.4, -0.2) is 33.6 Å². The number of nitrogens with zero attached hydrogens (tertiary/aromatic N) is 3. The minimum Gasteiger partial charge on any atom is -0.453 e. The Morgan fingerprint density at radius 2 is 1.91 bits per heavy atom. The molecule has 3 aromatic heterocycles. The zero-order valence-electron chi connectivity index (χ0n) is 20.2. The Bertz CT molecular complexity index is 1350. The number of nitrogens with one attached hydrogen (secondary N) is 1. The highest BCUT2D eigenvalue weighted by atomic mass is 19.1. The summed E-state index contributed by atoms with van der Waals surface area (Å²) in [6, 6.07) is 9.51. The van der Waals surface area contributed by atoms with Gasteiger partial charge in [0, 0.05) is 34.8 Å². The van der Waals surface area contributed by atoms with Crippen LogP contribution < -0.4 is 5.32 Å². The summed E-state index contributed by atoms with van der Waals surface area (Å²) in [6.07, 6.45) is 7.37. The molecule has 0 atom stereocenters. The zero-order chi connectivity index (χ0) is 24.6. The maximum absolute atomic E-state index is 15.8. The molecule has 1 aliphatic rings. The summed E-state index contributed by atoms with van der Waals surface area (Å²) < 4.78 is 27.8. The molecule has 0 radical (unpaired) electrons. The predicted molar refractivity (Wildman–Crippen MR) is 133 cm³/mol. The number of benzene rings is 1. The third kappa shape index (κ3) is 4.52. The monoisotopic (exact) mass is 476 g/mol. The van der Waals surface area contributed by atoms with Gasteiger partial charge in [0.15, 0.2) is 0 Å². The summed E-state index contributed by atoms with van der Waals surface area (Å²) in [5.41, 5.74) is 5.52. The number of anilines is 1. The number of aryl methyl sites for hydroxylation is 2. The average molecular weight is 477 g/mol. The van der Waals surface area contributed by atoms with E-state index in [0.717, 1.165) is 64.0 Å². The Balaban J connectivity index is 1.59. The molecule has 1 aliphatic carbocycles. The molecule has 0 saturated heterocycles. The van der Waals surface area contributed by atoms with E-state index >= 15 is 4.39 Å². The molecule has 4 aromatic rings. The minimum atomic E-state index is -1.23. The lowest BCUT2D eigenvalue weighted by molar-refractivity contribution is 0.0873. The lowest BCUT2D eigenvalue weighted by Gasteiger charge is -2.30. The number of fused-ring (bicyclic) bond motifs is 1. The number of alkyl halides is 1. The van der Waals surface area contributed by atoms with Crippen LogP contribution in [0.1, 0.15) is 43.6 Å². The van der Waals surface area contributed by atoms with E-state index in [0.29, 0.717) is 18.5 Å². The Labute approximate surface area is 203 Å². The normalized spacial score (nSPS) is 15.3. The second-order valence-electron chi connectivity index (χ2n) is 9.37. The van der Waals surface area contributed by atoms with Gasteiger partial charge in [-0.15, -0.1) is 0 Å². The van der Waals surface area contributed by atoms with E-state index in [1.165, 1.54) is 7.11 Å². The lowest BCUT2D eigenvalue weighted by Crippen LogP contribution is -2.31. The molecule has 1 aromatic carbocycles. The highest BCUT2D eigenvalue weighted by Crippen LogP contribution is 2.38. The van der Waals surface area contributed by atoms with E-state index in [1.54, 1.807) is 0 Å². The SMILES string of the molecule is COC(=O)Nc1ccc(-c2cn(CC3(F)CCCCC3)c3cc(-c4c(C)noc4C)cnc23)cc1. The molecule has 0 spiro atoms. The van der Waals surface area contributed by atoms with Gasteiger partial charge in [0.1, 0.15) is 11.4 Å². The van der Waals surface area contributed by atoms with E-state index < -0.39 is 11.8 Å². The van der Waals surface area contributed by atoms with Crippen LogP contribution in [0.5, 0.6) is 0 Å². The molecular formula is C27H29FN4O3. The first-order valence-corrected chi connectivity index (χ1v) is 11.9. The topological polar surface area (TPSA) is 82.2 Å². The lowest BCUT2D eigenvalue weighted by atomic mass is 9.86. The maximum Gasteiger partial charge on any atom is 0.411 e. The Hall–Kier alpha value is -3.68. The summed E-state index contributed by atoms with van der Waals surface area (Å²) in [6.45, 7) is 4.08. The van der Waals surface area contributed by atoms with Crippen molar-refractivity contribution >= 4 is 22.8 Å². The number of amides is 1. The third-order valence-corrected chi connectivity index (χ3v) is 6.87. The summed E-state index contributed by atoms with van der Waals surface area (Å²) in [7, 11) is 1.32. The fraction of sp³-hybridized carbons (Fsp3) is 0.370. The van der Waals surface area contributed by atoms with Crippen molar-refractivity contribution < 1.29 is 18.4 Å². The average Bonchev–Trinajstić information content (AvgIpc) is 3.38. The number of halogens is 1. The predicted octanol–water partition coefficient (Wildman–Crippen LogP) is 6.83. The van der Waals surface area contributed by atoms with Crippen LogP contribution in [0.15, 0.2) is 47.2 Å². The molecule has 7 nitrogen and oxygen atoms in total. The van der Waals surface area contributed by atoms with Crippen molar-refractivity contribution in [1.29, 1.82) is 0 Å². The summed E-state index contributed by atoms with van der Waals surface area (Å²) >= 11 is 0. The van der Waals surface area contributed by atoms with Crippen molar-refractivity contribution in [3.05, 3.63) is 54.2 Å². The molecule has 5 rings (SSSR count). The second-order valence-corrected chi connectivity index (χ2v) is 9.37. The smallest absolute Gasteiger partial charge is 0.411 e. The number of pyridine rings is 1. The largest absolute Gasteiger partial charge is 0.453 e. The van der Waals surface area contributed by atoms with Crippen LogP contribution >= 0.6 is 0 Å². The number of hydrogen-bond donors (Lipinski definition) is 1. The van der Waals surface area contributed by atoms with Crippen LogP contribution in [0.2, 0.25) is 0 Å². The van der Waals surface area contributed by atoms with Gasteiger partial charge in [0.25, 0.3) is 0 Å².